The van der Waals surface area contributed by atoms with Gasteiger partial charge in [0.1, 0.15) is 11.6 Å². The van der Waals surface area contributed by atoms with Crippen LogP contribution in [0.5, 0.6) is 0 Å². The van der Waals surface area contributed by atoms with Gasteiger partial charge in [-0.15, -0.1) is 0 Å². The van der Waals surface area contributed by atoms with Crippen LogP contribution in [-0.2, 0) is 6.54 Å². The number of hydrogen-bond acceptors (Lipinski definition) is 2. The summed E-state index contributed by atoms with van der Waals surface area (Å²) in [5.74, 6) is -1.85. The molecule has 1 amide bonds. The van der Waals surface area contributed by atoms with E-state index in [0.29, 0.717) is 13.1 Å². The highest BCUT2D eigenvalue weighted by atomic mass is 19.1. The lowest BCUT2D eigenvalue weighted by atomic mass is 10.1. The van der Waals surface area contributed by atoms with E-state index in [1.807, 2.05) is 18.2 Å². The minimum Gasteiger partial charge on any atom is -0.336 e. The average molecular weight is 316 g/mol. The summed E-state index contributed by atoms with van der Waals surface area (Å²) in [5.41, 5.74) is 1.17. The second-order valence-electron chi connectivity index (χ2n) is 5.68. The fourth-order valence-corrected chi connectivity index (χ4v) is 2.78. The van der Waals surface area contributed by atoms with Gasteiger partial charge in [-0.1, -0.05) is 30.3 Å². The molecule has 0 unspecified atom stereocenters. The van der Waals surface area contributed by atoms with Crippen molar-refractivity contribution in [2.24, 2.45) is 0 Å². The van der Waals surface area contributed by atoms with Crippen molar-refractivity contribution < 1.29 is 13.6 Å². The standard InChI is InChI=1S/C18H18F2N2O/c19-15-6-7-16(17(20)12-15)18(23)22-10-8-21(9-11-22)13-14-4-2-1-3-5-14/h1-7,12H,8-11,13H2. The number of carbonyl (C=O) groups is 1. The Morgan fingerprint density at radius 1 is 0.957 bits per heavy atom. The van der Waals surface area contributed by atoms with Crippen LogP contribution < -0.4 is 0 Å². The Bertz CT molecular complexity index is 683. The van der Waals surface area contributed by atoms with Gasteiger partial charge in [0.05, 0.1) is 5.56 Å². The van der Waals surface area contributed by atoms with Gasteiger partial charge in [0.15, 0.2) is 0 Å². The van der Waals surface area contributed by atoms with E-state index in [-0.39, 0.29) is 11.5 Å². The van der Waals surface area contributed by atoms with Crippen LogP contribution in [0.3, 0.4) is 0 Å². The Morgan fingerprint density at radius 3 is 2.30 bits per heavy atom. The number of carbonyl (C=O) groups excluding carboxylic acids is 1. The van der Waals surface area contributed by atoms with Crippen molar-refractivity contribution in [3.8, 4) is 0 Å². The molecule has 0 aliphatic carbocycles. The largest absolute Gasteiger partial charge is 0.336 e. The van der Waals surface area contributed by atoms with Gasteiger partial charge in [-0.25, -0.2) is 8.78 Å². The molecule has 0 bridgehead atoms. The third kappa shape index (κ3) is 3.74. The van der Waals surface area contributed by atoms with E-state index in [9.17, 15) is 13.6 Å². The number of hydrogen-bond donors (Lipinski definition) is 0. The maximum absolute atomic E-state index is 13.7. The number of halogens is 2. The molecule has 1 saturated heterocycles. The maximum atomic E-state index is 13.7. The summed E-state index contributed by atoms with van der Waals surface area (Å²) in [6, 6.07) is 13.2. The molecule has 1 aliphatic heterocycles. The Hall–Kier alpha value is -2.27. The molecule has 1 fully saturated rings. The summed E-state index contributed by atoms with van der Waals surface area (Å²) in [5, 5.41) is 0. The van der Waals surface area contributed by atoms with Gasteiger partial charge >= 0.3 is 0 Å². The fourth-order valence-electron chi connectivity index (χ4n) is 2.78. The summed E-state index contributed by atoms with van der Waals surface area (Å²) in [6.07, 6.45) is 0. The van der Waals surface area contributed by atoms with E-state index in [2.05, 4.69) is 17.0 Å². The summed E-state index contributed by atoms with van der Waals surface area (Å²) in [7, 11) is 0. The SMILES string of the molecule is O=C(c1ccc(F)cc1F)N1CCN(Cc2ccccc2)CC1. The first-order valence-corrected chi connectivity index (χ1v) is 7.64. The molecule has 120 valence electrons. The first-order valence-electron chi connectivity index (χ1n) is 7.64. The lowest BCUT2D eigenvalue weighted by Gasteiger charge is -2.34. The van der Waals surface area contributed by atoms with E-state index in [4.69, 9.17) is 0 Å². The Labute approximate surface area is 134 Å². The number of benzene rings is 2. The predicted molar refractivity (Wildman–Crippen MR) is 84.0 cm³/mol. The van der Waals surface area contributed by atoms with Crippen LogP contribution in [0.25, 0.3) is 0 Å². The third-order valence-corrected chi connectivity index (χ3v) is 4.07. The van der Waals surface area contributed by atoms with Crippen LogP contribution in [0.4, 0.5) is 8.78 Å². The zero-order chi connectivity index (χ0) is 16.2. The fraction of sp³-hybridized carbons (Fsp3) is 0.278. The first-order chi connectivity index (χ1) is 11.1. The highest BCUT2D eigenvalue weighted by Crippen LogP contribution is 2.15. The lowest BCUT2D eigenvalue weighted by molar-refractivity contribution is 0.0624. The summed E-state index contributed by atoms with van der Waals surface area (Å²) >= 11 is 0. The van der Waals surface area contributed by atoms with Gasteiger partial charge in [0.25, 0.3) is 5.91 Å². The second kappa shape index (κ2) is 6.87. The molecule has 0 saturated carbocycles. The molecule has 1 heterocycles. The maximum Gasteiger partial charge on any atom is 0.256 e. The van der Waals surface area contributed by atoms with E-state index >= 15 is 0 Å². The van der Waals surface area contributed by atoms with Crippen LogP contribution in [0.1, 0.15) is 15.9 Å². The zero-order valence-electron chi connectivity index (χ0n) is 12.7. The lowest BCUT2D eigenvalue weighted by Crippen LogP contribution is -2.48. The average Bonchev–Trinajstić information content (AvgIpc) is 2.56. The Balaban J connectivity index is 1.59. The molecule has 23 heavy (non-hydrogen) atoms. The summed E-state index contributed by atoms with van der Waals surface area (Å²) in [6.45, 7) is 3.41. The number of piperazine rings is 1. The molecule has 3 nitrogen and oxygen atoms in total. The molecular weight excluding hydrogens is 298 g/mol. The van der Waals surface area contributed by atoms with E-state index in [1.165, 1.54) is 11.6 Å². The van der Waals surface area contributed by atoms with E-state index in [0.717, 1.165) is 31.8 Å². The minimum atomic E-state index is -0.804. The highest BCUT2D eigenvalue weighted by molar-refractivity contribution is 5.94. The predicted octanol–water partition coefficient (Wildman–Crippen LogP) is 2.92. The van der Waals surface area contributed by atoms with Gasteiger partial charge < -0.3 is 4.90 Å². The van der Waals surface area contributed by atoms with Crippen molar-refractivity contribution in [1.29, 1.82) is 0 Å². The summed E-state index contributed by atoms with van der Waals surface area (Å²) in [4.78, 5) is 16.2. The molecule has 3 rings (SSSR count). The van der Waals surface area contributed by atoms with Crippen molar-refractivity contribution in [2.45, 2.75) is 6.54 Å². The van der Waals surface area contributed by atoms with E-state index < -0.39 is 11.6 Å². The number of rotatable bonds is 3. The molecule has 0 N–H and O–H groups in total. The monoisotopic (exact) mass is 316 g/mol. The number of nitrogens with zero attached hydrogens (tertiary/aromatic N) is 2. The molecule has 2 aromatic rings. The van der Waals surface area contributed by atoms with E-state index in [1.54, 1.807) is 4.90 Å². The first kappa shape index (κ1) is 15.6. The van der Waals surface area contributed by atoms with Gasteiger partial charge in [-0.05, 0) is 17.7 Å². The van der Waals surface area contributed by atoms with Crippen molar-refractivity contribution in [2.75, 3.05) is 26.2 Å². The molecule has 2 aromatic carbocycles. The third-order valence-electron chi connectivity index (χ3n) is 4.07. The second-order valence-corrected chi connectivity index (χ2v) is 5.68. The molecule has 0 radical (unpaired) electrons. The van der Waals surface area contributed by atoms with Gasteiger partial charge in [-0.3, -0.25) is 9.69 Å². The van der Waals surface area contributed by atoms with Crippen LogP contribution in [0.15, 0.2) is 48.5 Å². The molecule has 0 aromatic heterocycles. The van der Waals surface area contributed by atoms with Crippen LogP contribution in [-0.4, -0.2) is 41.9 Å². The molecular formula is C18H18F2N2O. The molecule has 5 heteroatoms. The minimum absolute atomic E-state index is 0.0668. The van der Waals surface area contributed by atoms with Crippen LogP contribution >= 0.6 is 0 Å². The smallest absolute Gasteiger partial charge is 0.256 e. The summed E-state index contributed by atoms with van der Waals surface area (Å²) < 4.78 is 26.7. The quantitative estimate of drug-likeness (QED) is 0.869. The Kier molecular flexibility index (Phi) is 4.67. The van der Waals surface area contributed by atoms with Crippen LogP contribution in [0, 0.1) is 11.6 Å². The van der Waals surface area contributed by atoms with Crippen molar-refractivity contribution >= 4 is 5.91 Å². The Morgan fingerprint density at radius 2 is 1.65 bits per heavy atom. The zero-order valence-corrected chi connectivity index (χ0v) is 12.7. The highest BCUT2D eigenvalue weighted by Gasteiger charge is 2.24. The van der Waals surface area contributed by atoms with Gasteiger partial charge in [-0.2, -0.15) is 0 Å². The topological polar surface area (TPSA) is 23.6 Å². The molecule has 0 spiro atoms. The normalized spacial score (nSPS) is 15.7. The van der Waals surface area contributed by atoms with Crippen LogP contribution in [0.2, 0.25) is 0 Å². The van der Waals surface area contributed by atoms with Gasteiger partial charge in [0.2, 0.25) is 0 Å². The molecule has 0 atom stereocenters. The van der Waals surface area contributed by atoms with Gasteiger partial charge in [0, 0.05) is 38.8 Å². The van der Waals surface area contributed by atoms with Crippen molar-refractivity contribution in [3.05, 3.63) is 71.3 Å². The number of amides is 1. The van der Waals surface area contributed by atoms with Crippen molar-refractivity contribution in [1.82, 2.24) is 9.80 Å². The molecule has 1 aliphatic rings. The van der Waals surface area contributed by atoms with Crippen molar-refractivity contribution in [3.63, 3.8) is 0 Å².